The molecule has 0 radical (unpaired) electrons. The van der Waals surface area contributed by atoms with Gasteiger partial charge in [-0.15, -0.1) is 0 Å². The van der Waals surface area contributed by atoms with Crippen molar-refractivity contribution in [3.05, 3.63) is 35.9 Å². The molecular weight excluding hydrogens is 216 g/mol. The third-order valence-electron chi connectivity index (χ3n) is 2.44. The number of rotatable bonds is 3. The number of hydrogen-bond donors (Lipinski definition) is 1. The molecule has 88 valence electrons. The van der Waals surface area contributed by atoms with Crippen LogP contribution in [-0.2, 0) is 0 Å². The number of para-hydroxylation sites is 1. The highest BCUT2D eigenvalue weighted by atomic mass is 16.5. The number of nitrogens with one attached hydrogen (secondary N) is 1. The zero-order valence-electron chi connectivity index (χ0n) is 9.86. The molecular formula is C13H14N2O2. The van der Waals surface area contributed by atoms with Gasteiger partial charge in [0.1, 0.15) is 5.56 Å². The standard InChI is InChI=1S/C13H14N2O2/c1-3-17-13-10(12(16)14-2)8-9-6-4-5-7-11(9)15-13/h4-8H,3H2,1-2H3,(H,14,16). The Kier molecular flexibility index (Phi) is 3.23. The van der Waals surface area contributed by atoms with Crippen LogP contribution in [0.15, 0.2) is 30.3 Å². The van der Waals surface area contributed by atoms with Crippen LogP contribution in [0.25, 0.3) is 10.9 Å². The fourth-order valence-corrected chi connectivity index (χ4v) is 1.64. The molecule has 0 bridgehead atoms. The van der Waals surface area contributed by atoms with E-state index in [2.05, 4.69) is 10.3 Å². The van der Waals surface area contributed by atoms with Gasteiger partial charge in [-0.05, 0) is 19.1 Å². The van der Waals surface area contributed by atoms with Crippen molar-refractivity contribution in [2.24, 2.45) is 0 Å². The summed E-state index contributed by atoms with van der Waals surface area (Å²) in [5.74, 6) is 0.192. The van der Waals surface area contributed by atoms with Crippen molar-refractivity contribution >= 4 is 16.8 Å². The Balaban J connectivity index is 2.61. The molecule has 2 aromatic rings. The summed E-state index contributed by atoms with van der Waals surface area (Å²) in [5.41, 5.74) is 1.29. The maximum Gasteiger partial charge on any atom is 0.256 e. The summed E-state index contributed by atoms with van der Waals surface area (Å²) in [6, 6.07) is 9.44. The largest absolute Gasteiger partial charge is 0.477 e. The maximum atomic E-state index is 11.7. The summed E-state index contributed by atoms with van der Waals surface area (Å²) in [6.45, 7) is 2.35. The number of hydrogen-bond acceptors (Lipinski definition) is 3. The Morgan fingerprint density at radius 3 is 2.88 bits per heavy atom. The number of nitrogens with zero attached hydrogens (tertiary/aromatic N) is 1. The van der Waals surface area contributed by atoms with Gasteiger partial charge >= 0.3 is 0 Å². The first-order valence-electron chi connectivity index (χ1n) is 5.51. The van der Waals surface area contributed by atoms with Crippen LogP contribution in [-0.4, -0.2) is 24.5 Å². The highest BCUT2D eigenvalue weighted by Crippen LogP contribution is 2.22. The monoisotopic (exact) mass is 230 g/mol. The average molecular weight is 230 g/mol. The number of fused-ring (bicyclic) bond motifs is 1. The molecule has 17 heavy (non-hydrogen) atoms. The molecule has 2 rings (SSSR count). The first-order chi connectivity index (χ1) is 8.26. The Morgan fingerprint density at radius 1 is 1.41 bits per heavy atom. The second-order valence-electron chi connectivity index (χ2n) is 3.55. The number of benzene rings is 1. The fourth-order valence-electron chi connectivity index (χ4n) is 1.64. The lowest BCUT2D eigenvalue weighted by atomic mass is 10.1. The van der Waals surface area contributed by atoms with E-state index in [0.29, 0.717) is 18.1 Å². The molecule has 0 aliphatic carbocycles. The van der Waals surface area contributed by atoms with Gasteiger partial charge in [0, 0.05) is 12.4 Å². The van der Waals surface area contributed by atoms with Crippen LogP contribution in [0.4, 0.5) is 0 Å². The summed E-state index contributed by atoms with van der Waals surface area (Å²) < 4.78 is 5.40. The highest BCUT2D eigenvalue weighted by Gasteiger charge is 2.13. The van der Waals surface area contributed by atoms with Crippen LogP contribution >= 0.6 is 0 Å². The van der Waals surface area contributed by atoms with Gasteiger partial charge in [0.05, 0.1) is 12.1 Å². The van der Waals surface area contributed by atoms with Crippen molar-refractivity contribution in [3.63, 3.8) is 0 Å². The molecule has 0 fully saturated rings. The van der Waals surface area contributed by atoms with E-state index >= 15 is 0 Å². The first kappa shape index (κ1) is 11.4. The Morgan fingerprint density at radius 2 is 2.18 bits per heavy atom. The van der Waals surface area contributed by atoms with Crippen LogP contribution in [0, 0.1) is 0 Å². The van der Waals surface area contributed by atoms with Crippen molar-refractivity contribution in [1.29, 1.82) is 0 Å². The van der Waals surface area contributed by atoms with Crippen molar-refractivity contribution in [2.75, 3.05) is 13.7 Å². The van der Waals surface area contributed by atoms with Gasteiger partial charge in [0.2, 0.25) is 5.88 Å². The molecule has 1 N–H and O–H groups in total. The number of carbonyl (C=O) groups excluding carboxylic acids is 1. The summed E-state index contributed by atoms with van der Waals surface area (Å²) >= 11 is 0. The SMILES string of the molecule is CCOc1nc2ccccc2cc1C(=O)NC. The highest BCUT2D eigenvalue weighted by molar-refractivity contribution is 5.99. The molecule has 0 unspecified atom stereocenters. The third kappa shape index (κ3) is 2.20. The smallest absolute Gasteiger partial charge is 0.256 e. The predicted octanol–water partition coefficient (Wildman–Crippen LogP) is 1.99. The van der Waals surface area contributed by atoms with E-state index in [4.69, 9.17) is 4.74 Å². The number of pyridine rings is 1. The predicted molar refractivity (Wildman–Crippen MR) is 66.3 cm³/mol. The van der Waals surface area contributed by atoms with E-state index < -0.39 is 0 Å². The molecule has 0 saturated heterocycles. The lowest BCUT2D eigenvalue weighted by Gasteiger charge is -2.09. The minimum absolute atomic E-state index is 0.188. The summed E-state index contributed by atoms with van der Waals surface area (Å²) in [5, 5.41) is 3.51. The van der Waals surface area contributed by atoms with E-state index in [1.807, 2.05) is 31.2 Å². The molecule has 0 spiro atoms. The van der Waals surface area contributed by atoms with Crippen LogP contribution in [0.1, 0.15) is 17.3 Å². The van der Waals surface area contributed by atoms with E-state index in [1.165, 1.54) is 0 Å². The number of amides is 1. The maximum absolute atomic E-state index is 11.7. The quantitative estimate of drug-likeness (QED) is 0.877. The van der Waals surface area contributed by atoms with Crippen molar-refractivity contribution in [1.82, 2.24) is 10.3 Å². The van der Waals surface area contributed by atoms with Gasteiger partial charge in [0.15, 0.2) is 0 Å². The Labute approximate surface area is 99.6 Å². The molecule has 1 heterocycles. The summed E-state index contributed by atoms with van der Waals surface area (Å²) in [7, 11) is 1.59. The summed E-state index contributed by atoms with van der Waals surface area (Å²) in [6.07, 6.45) is 0. The van der Waals surface area contributed by atoms with Gasteiger partial charge in [-0.1, -0.05) is 18.2 Å². The Hall–Kier alpha value is -2.10. The van der Waals surface area contributed by atoms with Crippen LogP contribution in [0.3, 0.4) is 0 Å². The topological polar surface area (TPSA) is 51.2 Å². The van der Waals surface area contributed by atoms with Crippen molar-refractivity contribution < 1.29 is 9.53 Å². The number of aromatic nitrogens is 1. The molecule has 0 atom stereocenters. The zero-order valence-corrected chi connectivity index (χ0v) is 9.86. The molecule has 0 aliphatic rings. The van der Waals surface area contributed by atoms with Gasteiger partial charge in [0.25, 0.3) is 5.91 Å². The van der Waals surface area contributed by atoms with Gasteiger partial charge in [-0.2, -0.15) is 0 Å². The first-order valence-corrected chi connectivity index (χ1v) is 5.51. The molecule has 1 aromatic heterocycles. The molecule has 0 aliphatic heterocycles. The van der Waals surface area contributed by atoms with E-state index in [1.54, 1.807) is 13.1 Å². The fraction of sp³-hybridized carbons (Fsp3) is 0.231. The normalized spacial score (nSPS) is 10.2. The van der Waals surface area contributed by atoms with Gasteiger partial charge in [-0.25, -0.2) is 4.98 Å². The average Bonchev–Trinajstić information content (AvgIpc) is 2.37. The minimum atomic E-state index is -0.188. The molecule has 1 amide bonds. The van der Waals surface area contributed by atoms with E-state index in [0.717, 1.165) is 10.9 Å². The lowest BCUT2D eigenvalue weighted by Crippen LogP contribution is -2.19. The van der Waals surface area contributed by atoms with Gasteiger partial charge in [-0.3, -0.25) is 4.79 Å². The zero-order chi connectivity index (χ0) is 12.3. The number of ether oxygens (including phenoxy) is 1. The second-order valence-corrected chi connectivity index (χ2v) is 3.55. The van der Waals surface area contributed by atoms with Crippen molar-refractivity contribution in [3.8, 4) is 5.88 Å². The molecule has 0 saturated carbocycles. The molecule has 1 aromatic carbocycles. The lowest BCUT2D eigenvalue weighted by molar-refractivity contribution is 0.0958. The minimum Gasteiger partial charge on any atom is -0.477 e. The van der Waals surface area contributed by atoms with Crippen molar-refractivity contribution in [2.45, 2.75) is 6.92 Å². The van der Waals surface area contributed by atoms with Crippen LogP contribution < -0.4 is 10.1 Å². The third-order valence-corrected chi connectivity index (χ3v) is 2.44. The van der Waals surface area contributed by atoms with Gasteiger partial charge < -0.3 is 10.1 Å². The second kappa shape index (κ2) is 4.82. The van der Waals surface area contributed by atoms with Crippen LogP contribution in [0.2, 0.25) is 0 Å². The summed E-state index contributed by atoms with van der Waals surface area (Å²) in [4.78, 5) is 16.1. The Bertz CT molecular complexity index is 552. The molecule has 4 heteroatoms. The van der Waals surface area contributed by atoms with E-state index in [-0.39, 0.29) is 5.91 Å². The van der Waals surface area contributed by atoms with E-state index in [9.17, 15) is 4.79 Å². The number of carbonyl (C=O) groups is 1. The van der Waals surface area contributed by atoms with Crippen LogP contribution in [0.5, 0.6) is 5.88 Å². The molecule has 4 nitrogen and oxygen atoms in total.